The van der Waals surface area contributed by atoms with E-state index in [1.807, 2.05) is 6.07 Å². The number of ether oxygens (including phenoxy) is 2. The van der Waals surface area contributed by atoms with Crippen molar-refractivity contribution in [3.8, 4) is 11.4 Å². The molecule has 8 heteroatoms. The average Bonchev–Trinajstić information content (AvgIpc) is 2.79. The number of amides is 1. The molecule has 2 aromatic carbocycles. The highest BCUT2D eigenvalue weighted by molar-refractivity contribution is 5.92. The number of nitrogens with one attached hydrogen (secondary N) is 1. The number of nitrogens with zero attached hydrogens (tertiary/aromatic N) is 2. The molecular formula is C23H23N3O5. The van der Waals surface area contributed by atoms with E-state index in [0.717, 1.165) is 4.68 Å². The molecule has 0 aliphatic rings. The van der Waals surface area contributed by atoms with Crippen molar-refractivity contribution in [3.63, 3.8) is 0 Å². The molecule has 8 nitrogen and oxygen atoms in total. The maximum absolute atomic E-state index is 12.9. The Bertz CT molecular complexity index is 1110. The van der Waals surface area contributed by atoms with Crippen LogP contribution in [-0.4, -0.2) is 35.4 Å². The van der Waals surface area contributed by atoms with Crippen molar-refractivity contribution >= 4 is 11.9 Å². The highest BCUT2D eigenvalue weighted by atomic mass is 16.5. The molecule has 1 amide bonds. The lowest BCUT2D eigenvalue weighted by atomic mass is 10.0. The average molecular weight is 421 g/mol. The summed E-state index contributed by atoms with van der Waals surface area (Å²) in [6, 6.07) is 17.8. The molecule has 0 spiro atoms. The lowest BCUT2D eigenvalue weighted by Gasteiger charge is -2.19. The minimum Gasteiger partial charge on any atom is -0.497 e. The van der Waals surface area contributed by atoms with Crippen LogP contribution in [-0.2, 0) is 9.53 Å². The monoisotopic (exact) mass is 421 g/mol. The van der Waals surface area contributed by atoms with Gasteiger partial charge in [0.05, 0.1) is 31.9 Å². The van der Waals surface area contributed by atoms with Crippen LogP contribution in [0.4, 0.5) is 0 Å². The summed E-state index contributed by atoms with van der Waals surface area (Å²) in [6.45, 7) is 1.95. The Morgan fingerprint density at radius 2 is 1.84 bits per heavy atom. The second kappa shape index (κ2) is 10.2. The van der Waals surface area contributed by atoms with Crippen LogP contribution in [0.2, 0.25) is 0 Å². The predicted molar refractivity (Wildman–Crippen MR) is 114 cm³/mol. The quantitative estimate of drug-likeness (QED) is 0.562. The summed E-state index contributed by atoms with van der Waals surface area (Å²) in [7, 11) is 1.54. The van der Waals surface area contributed by atoms with E-state index in [2.05, 4.69) is 10.4 Å². The minimum absolute atomic E-state index is 0.0419. The number of carbonyl (C=O) groups is 2. The van der Waals surface area contributed by atoms with Gasteiger partial charge in [0, 0.05) is 6.07 Å². The largest absolute Gasteiger partial charge is 0.497 e. The summed E-state index contributed by atoms with van der Waals surface area (Å²) < 4.78 is 11.4. The van der Waals surface area contributed by atoms with E-state index in [9.17, 15) is 14.4 Å². The first-order chi connectivity index (χ1) is 15.0. The van der Waals surface area contributed by atoms with Gasteiger partial charge in [-0.25, -0.2) is 0 Å². The van der Waals surface area contributed by atoms with E-state index in [0.29, 0.717) is 17.0 Å². The Morgan fingerprint density at radius 3 is 2.55 bits per heavy atom. The number of methoxy groups -OCH3 is 1. The summed E-state index contributed by atoms with van der Waals surface area (Å²) >= 11 is 0. The fourth-order valence-corrected chi connectivity index (χ4v) is 3.02. The Balaban J connectivity index is 1.89. The molecule has 1 atom stereocenters. The van der Waals surface area contributed by atoms with Gasteiger partial charge in [-0.3, -0.25) is 14.4 Å². The van der Waals surface area contributed by atoms with E-state index < -0.39 is 17.9 Å². The molecule has 1 unspecified atom stereocenters. The summed E-state index contributed by atoms with van der Waals surface area (Å²) in [4.78, 5) is 37.3. The van der Waals surface area contributed by atoms with Gasteiger partial charge >= 0.3 is 5.97 Å². The van der Waals surface area contributed by atoms with Gasteiger partial charge in [0.2, 0.25) is 0 Å². The van der Waals surface area contributed by atoms with Crippen LogP contribution in [0.1, 0.15) is 35.4 Å². The molecule has 1 heterocycles. The van der Waals surface area contributed by atoms with E-state index in [1.165, 1.54) is 19.2 Å². The van der Waals surface area contributed by atoms with Crippen molar-refractivity contribution in [2.24, 2.45) is 0 Å². The first-order valence-corrected chi connectivity index (χ1v) is 9.78. The molecule has 0 fully saturated rings. The Kier molecular flexibility index (Phi) is 7.16. The van der Waals surface area contributed by atoms with Crippen LogP contribution < -0.4 is 15.6 Å². The number of carbonyl (C=O) groups excluding carboxylic acids is 2. The van der Waals surface area contributed by atoms with Crippen LogP contribution in [0.3, 0.4) is 0 Å². The van der Waals surface area contributed by atoms with Crippen LogP contribution in [0, 0.1) is 0 Å². The molecule has 0 aliphatic heterocycles. The molecule has 0 radical (unpaired) electrons. The molecule has 3 rings (SSSR count). The molecule has 1 N–H and O–H groups in total. The Labute approximate surface area is 179 Å². The van der Waals surface area contributed by atoms with Crippen LogP contribution in [0.25, 0.3) is 5.69 Å². The first-order valence-electron chi connectivity index (χ1n) is 9.78. The van der Waals surface area contributed by atoms with Gasteiger partial charge in [-0.15, -0.1) is 0 Å². The van der Waals surface area contributed by atoms with Gasteiger partial charge in [-0.1, -0.05) is 30.3 Å². The van der Waals surface area contributed by atoms with Crippen LogP contribution in [0.5, 0.6) is 5.75 Å². The molecule has 0 bridgehead atoms. The van der Waals surface area contributed by atoms with Crippen molar-refractivity contribution in [2.45, 2.75) is 19.4 Å². The number of hydrogen-bond acceptors (Lipinski definition) is 6. The number of para-hydroxylation sites is 1. The number of esters is 1. The second-order valence-corrected chi connectivity index (χ2v) is 6.62. The summed E-state index contributed by atoms with van der Waals surface area (Å²) in [6.07, 6.45) is -0.0644. The molecule has 3 aromatic rings. The number of benzene rings is 2. The van der Waals surface area contributed by atoms with Crippen molar-refractivity contribution in [1.29, 1.82) is 0 Å². The lowest BCUT2D eigenvalue weighted by molar-refractivity contribution is -0.143. The van der Waals surface area contributed by atoms with Crippen LogP contribution >= 0.6 is 0 Å². The fourth-order valence-electron chi connectivity index (χ4n) is 3.02. The first kappa shape index (κ1) is 21.8. The third kappa shape index (κ3) is 5.57. The molecule has 0 aliphatic carbocycles. The summed E-state index contributed by atoms with van der Waals surface area (Å²) in [5, 5.41) is 7.00. The van der Waals surface area contributed by atoms with Crippen LogP contribution in [0.15, 0.2) is 71.5 Å². The molecule has 31 heavy (non-hydrogen) atoms. The maximum Gasteiger partial charge on any atom is 0.308 e. The molecule has 0 saturated heterocycles. The number of rotatable bonds is 8. The van der Waals surface area contributed by atoms with Gasteiger partial charge in [-0.05, 0) is 42.8 Å². The summed E-state index contributed by atoms with van der Waals surface area (Å²) in [5.74, 6) is -0.379. The van der Waals surface area contributed by atoms with Gasteiger partial charge in [0.25, 0.3) is 11.5 Å². The zero-order valence-electron chi connectivity index (χ0n) is 17.3. The Hall–Kier alpha value is -3.94. The topological polar surface area (TPSA) is 99.5 Å². The molecule has 1 aromatic heterocycles. The predicted octanol–water partition coefficient (Wildman–Crippen LogP) is 2.67. The van der Waals surface area contributed by atoms with Gasteiger partial charge in [0.15, 0.2) is 0 Å². The zero-order valence-corrected chi connectivity index (χ0v) is 17.3. The van der Waals surface area contributed by atoms with E-state index in [-0.39, 0.29) is 24.3 Å². The SMILES string of the molecule is CCOC(=O)CC(NC(=O)c1ccc(=O)n(-c2ccccc2)n1)c1cccc(OC)c1. The third-order valence-corrected chi connectivity index (χ3v) is 4.51. The van der Waals surface area contributed by atoms with Crippen molar-refractivity contribution in [1.82, 2.24) is 15.1 Å². The van der Waals surface area contributed by atoms with Crippen molar-refractivity contribution in [2.75, 3.05) is 13.7 Å². The normalized spacial score (nSPS) is 11.4. The maximum atomic E-state index is 12.9. The summed E-state index contributed by atoms with van der Waals surface area (Å²) in [5.41, 5.74) is 0.897. The fraction of sp³-hybridized carbons (Fsp3) is 0.217. The zero-order chi connectivity index (χ0) is 22.2. The van der Waals surface area contributed by atoms with E-state index in [1.54, 1.807) is 55.5 Å². The number of aromatic nitrogens is 2. The highest BCUT2D eigenvalue weighted by Crippen LogP contribution is 2.22. The smallest absolute Gasteiger partial charge is 0.308 e. The van der Waals surface area contributed by atoms with Crippen molar-refractivity contribution < 1.29 is 19.1 Å². The molecular weight excluding hydrogens is 398 g/mol. The van der Waals surface area contributed by atoms with Gasteiger partial charge in [0.1, 0.15) is 11.4 Å². The van der Waals surface area contributed by atoms with Crippen molar-refractivity contribution in [3.05, 3.63) is 88.3 Å². The molecule has 160 valence electrons. The van der Waals surface area contributed by atoms with E-state index >= 15 is 0 Å². The second-order valence-electron chi connectivity index (χ2n) is 6.62. The standard InChI is InChI=1S/C23H23N3O5/c1-3-31-22(28)15-20(16-8-7-11-18(14-16)30-2)24-23(29)19-12-13-21(27)26(25-19)17-9-5-4-6-10-17/h4-14,20H,3,15H2,1-2H3,(H,24,29). The molecule has 0 saturated carbocycles. The lowest BCUT2D eigenvalue weighted by Crippen LogP contribution is -2.33. The Morgan fingerprint density at radius 1 is 1.06 bits per heavy atom. The van der Waals surface area contributed by atoms with Gasteiger partial charge in [-0.2, -0.15) is 9.78 Å². The third-order valence-electron chi connectivity index (χ3n) is 4.51. The number of hydrogen-bond donors (Lipinski definition) is 1. The highest BCUT2D eigenvalue weighted by Gasteiger charge is 2.22. The van der Waals surface area contributed by atoms with Gasteiger partial charge < -0.3 is 14.8 Å². The minimum atomic E-state index is -0.666. The van der Waals surface area contributed by atoms with E-state index in [4.69, 9.17) is 9.47 Å².